The van der Waals surface area contributed by atoms with Gasteiger partial charge in [0.05, 0.1) is 0 Å². The predicted octanol–water partition coefficient (Wildman–Crippen LogP) is 7.00. The van der Waals surface area contributed by atoms with Crippen molar-refractivity contribution in [1.29, 1.82) is 0 Å². The maximum Gasteiger partial charge on any atom is 0.500 e. The van der Waals surface area contributed by atoms with E-state index in [0.717, 1.165) is 24.9 Å². The zero-order valence-corrected chi connectivity index (χ0v) is 26.3. The van der Waals surface area contributed by atoms with Crippen LogP contribution in [-0.2, 0) is 26.6 Å². The Bertz CT molecular complexity index is 396. The maximum absolute atomic E-state index is 6.06. The molecule has 31 heavy (non-hydrogen) atoms. The zero-order valence-electron chi connectivity index (χ0n) is 20.1. The first-order chi connectivity index (χ1) is 15.0. The van der Waals surface area contributed by atoms with Gasteiger partial charge < -0.3 is 26.6 Å². The van der Waals surface area contributed by atoms with Gasteiger partial charge in [0.2, 0.25) is 6.37 Å². The van der Waals surface area contributed by atoms with E-state index in [0.29, 0.717) is 39.6 Å². The summed E-state index contributed by atoms with van der Waals surface area (Å²) in [5.41, 5.74) is 0. The minimum absolute atomic E-state index is 0.642. The van der Waals surface area contributed by atoms with Crippen LogP contribution in [0.1, 0.15) is 54.4 Å². The fourth-order valence-corrected chi connectivity index (χ4v) is 41.8. The topological polar surface area (TPSA) is 55.4 Å². The molecule has 0 atom stereocenters. The van der Waals surface area contributed by atoms with Crippen molar-refractivity contribution >= 4 is 64.1 Å². The molecule has 0 aromatic carbocycles. The third kappa shape index (κ3) is 10.9. The Hall–Kier alpha value is 1.81. The van der Waals surface area contributed by atoms with Gasteiger partial charge >= 0.3 is 17.6 Å². The molecule has 0 N–H and O–H groups in total. The van der Waals surface area contributed by atoms with E-state index in [4.69, 9.17) is 26.6 Å². The highest BCUT2D eigenvalue weighted by Crippen LogP contribution is 2.66. The standard InChI is InChI=1S/C18H42O6S4Si3/c1-7-19-30(20-8-2,21-9-3)17-13-15-29(27-25-26-28-29)16-14-18-31(22-10-4,23-11-5)24-12-6/h7-18H2,1-6H3. The van der Waals surface area contributed by atoms with Crippen LogP contribution >= 0.6 is 40.1 Å². The van der Waals surface area contributed by atoms with Gasteiger partial charge in [0.25, 0.3) is 0 Å². The Kier molecular flexibility index (Phi) is 17.2. The number of rotatable bonds is 20. The molecule has 0 aromatic heterocycles. The van der Waals surface area contributed by atoms with Crippen molar-refractivity contribution in [2.24, 2.45) is 0 Å². The summed E-state index contributed by atoms with van der Waals surface area (Å²) < 4.78 is 36.3. The fourth-order valence-electron chi connectivity index (χ4n) is 3.61. The third-order valence-corrected chi connectivity index (χ3v) is 34.9. The molecule has 1 saturated heterocycles. The third-order valence-electron chi connectivity index (χ3n) is 4.67. The maximum atomic E-state index is 6.06. The van der Waals surface area contributed by atoms with Crippen molar-refractivity contribution in [3.8, 4) is 0 Å². The van der Waals surface area contributed by atoms with Gasteiger partial charge in [0, 0.05) is 51.7 Å². The Labute approximate surface area is 207 Å². The molecule has 186 valence electrons. The SMILES string of the molecule is CCO[Si](CCC[Si]1(CCC[Si](OCC)(OCC)OCC)SSSS1)(OCC)OCC. The van der Waals surface area contributed by atoms with Crippen LogP contribution in [0.5, 0.6) is 0 Å². The van der Waals surface area contributed by atoms with Crippen LogP contribution < -0.4 is 0 Å². The number of hydrogen-bond acceptors (Lipinski definition) is 10. The summed E-state index contributed by atoms with van der Waals surface area (Å²) >= 11 is 0. The van der Waals surface area contributed by atoms with E-state index in [2.05, 4.69) is 20.5 Å². The largest absolute Gasteiger partial charge is 0.500 e. The lowest BCUT2D eigenvalue weighted by atomic mass is 10.6. The molecule has 0 radical (unpaired) electrons. The minimum Gasteiger partial charge on any atom is -0.374 e. The molecular formula is C18H42O6S4Si3. The molecule has 1 fully saturated rings. The molecule has 6 nitrogen and oxygen atoms in total. The van der Waals surface area contributed by atoms with Gasteiger partial charge in [-0.3, -0.25) is 0 Å². The number of hydrogen-bond donors (Lipinski definition) is 0. The monoisotopic (exact) mass is 566 g/mol. The predicted molar refractivity (Wildman–Crippen MR) is 146 cm³/mol. The summed E-state index contributed by atoms with van der Waals surface area (Å²) in [6.07, 6.45) is 0.704. The molecule has 0 saturated carbocycles. The van der Waals surface area contributed by atoms with Crippen LogP contribution in [0.2, 0.25) is 24.2 Å². The summed E-state index contributed by atoms with van der Waals surface area (Å²) in [6, 6.07) is 4.31. The highest BCUT2D eigenvalue weighted by atomic mass is 33.8. The Morgan fingerprint density at radius 2 is 0.806 bits per heavy atom. The second-order valence-corrected chi connectivity index (χ2v) is 28.5. The van der Waals surface area contributed by atoms with Crippen molar-refractivity contribution < 1.29 is 26.6 Å². The molecule has 0 aliphatic carbocycles. The van der Waals surface area contributed by atoms with Crippen molar-refractivity contribution in [3.63, 3.8) is 0 Å². The van der Waals surface area contributed by atoms with Crippen molar-refractivity contribution in [1.82, 2.24) is 0 Å². The first-order valence-corrected chi connectivity index (χ1v) is 24.1. The normalized spacial score (nSPS) is 16.8. The summed E-state index contributed by atoms with van der Waals surface area (Å²) in [4.78, 5) is 0. The first-order valence-electron chi connectivity index (χ1n) is 11.5. The average molecular weight is 567 g/mol. The molecule has 1 aliphatic heterocycles. The average Bonchev–Trinajstić information content (AvgIpc) is 3.18. The molecule has 0 amide bonds. The van der Waals surface area contributed by atoms with Crippen molar-refractivity contribution in [2.75, 3.05) is 39.6 Å². The van der Waals surface area contributed by atoms with Crippen LogP contribution in [-0.4, -0.2) is 63.6 Å². The summed E-state index contributed by atoms with van der Waals surface area (Å²) in [5.74, 6) is 0. The summed E-state index contributed by atoms with van der Waals surface area (Å²) in [7, 11) is 3.07. The lowest BCUT2D eigenvalue weighted by molar-refractivity contribution is 0.0705. The Balaban J connectivity index is 2.70. The zero-order chi connectivity index (χ0) is 23.1. The van der Waals surface area contributed by atoms with Crippen LogP contribution in [0.15, 0.2) is 0 Å². The van der Waals surface area contributed by atoms with Crippen molar-refractivity contribution in [3.05, 3.63) is 0 Å². The van der Waals surface area contributed by atoms with Crippen LogP contribution in [0, 0.1) is 0 Å². The fraction of sp³-hybridized carbons (Fsp3) is 1.00. The van der Waals surface area contributed by atoms with Crippen LogP contribution in [0.3, 0.4) is 0 Å². The highest BCUT2D eigenvalue weighted by molar-refractivity contribution is 9.41. The minimum atomic E-state index is -2.56. The molecule has 1 rings (SSSR count). The van der Waals surface area contributed by atoms with Gasteiger partial charge in [-0.1, -0.05) is 20.5 Å². The smallest absolute Gasteiger partial charge is 0.374 e. The van der Waals surface area contributed by atoms with Gasteiger partial charge in [-0.15, -0.1) is 0 Å². The van der Waals surface area contributed by atoms with Gasteiger partial charge in [0.15, 0.2) is 0 Å². The summed E-state index contributed by atoms with van der Waals surface area (Å²) in [5, 5.41) is 0. The lowest BCUT2D eigenvalue weighted by Gasteiger charge is -2.31. The molecule has 0 spiro atoms. The first kappa shape index (κ1) is 30.8. The van der Waals surface area contributed by atoms with Gasteiger partial charge in [-0.05, 0) is 86.1 Å². The van der Waals surface area contributed by atoms with E-state index >= 15 is 0 Å². The van der Waals surface area contributed by atoms with E-state index in [1.807, 2.05) is 61.2 Å². The molecular weight excluding hydrogens is 525 g/mol. The molecule has 0 bridgehead atoms. The second kappa shape index (κ2) is 17.3. The molecule has 0 aromatic rings. The van der Waals surface area contributed by atoms with Gasteiger partial charge in [-0.25, -0.2) is 0 Å². The second-order valence-electron chi connectivity index (χ2n) is 6.88. The molecule has 1 aliphatic rings. The molecule has 13 heteroatoms. The van der Waals surface area contributed by atoms with E-state index < -0.39 is 24.0 Å². The molecule has 1 heterocycles. The van der Waals surface area contributed by atoms with E-state index in [9.17, 15) is 0 Å². The quantitative estimate of drug-likeness (QED) is 0.114. The Morgan fingerprint density at radius 1 is 0.516 bits per heavy atom. The van der Waals surface area contributed by atoms with Crippen molar-refractivity contribution in [2.45, 2.75) is 78.6 Å². The highest BCUT2D eigenvalue weighted by Gasteiger charge is 2.46. The van der Waals surface area contributed by atoms with E-state index in [-0.39, 0.29) is 0 Å². The van der Waals surface area contributed by atoms with E-state index in [1.54, 1.807) is 0 Å². The summed E-state index contributed by atoms with van der Waals surface area (Å²) in [6.45, 7) is 16.0. The van der Waals surface area contributed by atoms with Gasteiger partial charge in [0.1, 0.15) is 0 Å². The molecule has 0 unspecified atom stereocenters. The van der Waals surface area contributed by atoms with Crippen LogP contribution in [0.4, 0.5) is 0 Å². The Morgan fingerprint density at radius 3 is 1.06 bits per heavy atom. The van der Waals surface area contributed by atoms with E-state index in [1.165, 1.54) is 12.1 Å². The van der Waals surface area contributed by atoms with Gasteiger partial charge in [-0.2, -0.15) is 0 Å². The van der Waals surface area contributed by atoms with Crippen LogP contribution in [0.25, 0.3) is 0 Å². The lowest BCUT2D eigenvalue weighted by Crippen LogP contribution is -2.46.